The molecule has 0 heterocycles. The molecule has 0 spiro atoms. The first-order valence-corrected chi connectivity index (χ1v) is 6.06. The van der Waals surface area contributed by atoms with E-state index in [4.69, 9.17) is 5.11 Å². The molecule has 0 saturated carbocycles. The predicted molar refractivity (Wildman–Crippen MR) is 75.2 cm³/mol. The molecule has 0 aromatic heterocycles. The molecule has 0 unspecified atom stereocenters. The van der Waals surface area contributed by atoms with E-state index in [1.54, 1.807) is 31.2 Å². The van der Waals surface area contributed by atoms with Crippen LogP contribution in [0.3, 0.4) is 0 Å². The Morgan fingerprint density at radius 3 is 2.60 bits per heavy atom. The van der Waals surface area contributed by atoms with Crippen molar-refractivity contribution in [3.63, 3.8) is 0 Å². The van der Waals surface area contributed by atoms with Gasteiger partial charge in [0, 0.05) is 23.9 Å². The minimum absolute atomic E-state index is 0.00435. The average Bonchev–Trinajstić information content (AvgIpc) is 2.39. The third-order valence-corrected chi connectivity index (χ3v) is 3.10. The molecule has 2 rings (SSSR count). The van der Waals surface area contributed by atoms with Crippen LogP contribution in [0.4, 0.5) is 5.69 Å². The quantitative estimate of drug-likeness (QED) is 0.687. The van der Waals surface area contributed by atoms with Crippen LogP contribution >= 0.6 is 0 Å². The molecular weight excluding hydrogens is 258 g/mol. The molecule has 0 bridgehead atoms. The summed E-state index contributed by atoms with van der Waals surface area (Å²) in [6.45, 7) is 2.05. The van der Waals surface area contributed by atoms with Gasteiger partial charge >= 0.3 is 5.97 Å². The molecule has 104 valence electrons. The van der Waals surface area contributed by atoms with Crippen LogP contribution < -0.4 is 5.32 Å². The Hall–Kier alpha value is -2.69. The molecule has 0 aliphatic rings. The predicted octanol–water partition coefficient (Wildman–Crippen LogP) is 2.72. The number of carboxylic acids is 1. The average molecular weight is 273 g/mol. The van der Waals surface area contributed by atoms with Crippen molar-refractivity contribution in [2.24, 2.45) is 0 Å². The lowest BCUT2D eigenvalue weighted by molar-refractivity contribution is 0.0696. The number of benzene rings is 2. The van der Waals surface area contributed by atoms with Crippen molar-refractivity contribution in [2.45, 2.75) is 13.5 Å². The maximum absolute atomic E-state index is 11.0. The molecule has 0 atom stereocenters. The van der Waals surface area contributed by atoms with E-state index in [-0.39, 0.29) is 17.1 Å². The highest BCUT2D eigenvalue weighted by molar-refractivity contribution is 5.91. The van der Waals surface area contributed by atoms with Crippen molar-refractivity contribution in [3.05, 3.63) is 53.1 Å². The van der Waals surface area contributed by atoms with E-state index < -0.39 is 5.97 Å². The number of nitrogens with one attached hydrogen (secondary N) is 1. The fraction of sp³-hybridized carbons (Fsp3) is 0.133. The number of hydrogen-bond acceptors (Lipinski definition) is 4. The van der Waals surface area contributed by atoms with Crippen LogP contribution in [0.15, 0.2) is 36.4 Å². The third-order valence-electron chi connectivity index (χ3n) is 3.10. The van der Waals surface area contributed by atoms with E-state index in [0.717, 1.165) is 0 Å². The number of hydrogen-bond donors (Lipinski definition) is 4. The summed E-state index contributed by atoms with van der Waals surface area (Å²) in [4.78, 5) is 11.0. The molecule has 5 nitrogen and oxygen atoms in total. The van der Waals surface area contributed by atoms with Crippen LogP contribution in [0, 0.1) is 6.92 Å². The largest absolute Gasteiger partial charge is 0.508 e. The Morgan fingerprint density at radius 1 is 1.20 bits per heavy atom. The fourth-order valence-electron chi connectivity index (χ4n) is 1.95. The summed E-state index contributed by atoms with van der Waals surface area (Å²) in [5.74, 6) is -0.988. The Labute approximate surface area is 116 Å². The summed E-state index contributed by atoms with van der Waals surface area (Å²) >= 11 is 0. The van der Waals surface area contributed by atoms with E-state index in [0.29, 0.717) is 23.4 Å². The summed E-state index contributed by atoms with van der Waals surface area (Å²) < 4.78 is 0. The van der Waals surface area contributed by atoms with Crippen LogP contribution in [0.5, 0.6) is 11.5 Å². The molecule has 2 aromatic rings. The van der Waals surface area contributed by atoms with E-state index in [1.807, 2.05) is 0 Å². The van der Waals surface area contributed by atoms with Gasteiger partial charge in [-0.05, 0) is 36.8 Å². The SMILES string of the molecule is Cc1c(NCc2ccc(O)cc2O)cccc1C(=O)O. The van der Waals surface area contributed by atoms with Crippen LogP contribution in [0.1, 0.15) is 21.5 Å². The maximum Gasteiger partial charge on any atom is 0.336 e. The van der Waals surface area contributed by atoms with Gasteiger partial charge in [-0.15, -0.1) is 0 Å². The number of phenols is 2. The second kappa shape index (κ2) is 5.52. The topological polar surface area (TPSA) is 89.8 Å². The number of rotatable bonds is 4. The lowest BCUT2D eigenvalue weighted by atomic mass is 10.1. The van der Waals surface area contributed by atoms with E-state index in [9.17, 15) is 15.0 Å². The highest BCUT2D eigenvalue weighted by Crippen LogP contribution is 2.25. The zero-order valence-electron chi connectivity index (χ0n) is 10.9. The standard InChI is InChI=1S/C15H15NO4/c1-9-12(15(19)20)3-2-4-13(9)16-8-10-5-6-11(17)7-14(10)18/h2-7,16-18H,8H2,1H3,(H,19,20). The number of carboxylic acid groups (broad SMARTS) is 1. The molecule has 0 fully saturated rings. The van der Waals surface area contributed by atoms with Gasteiger partial charge in [0.2, 0.25) is 0 Å². The summed E-state index contributed by atoms with van der Waals surface area (Å²) in [6.07, 6.45) is 0. The normalized spacial score (nSPS) is 10.2. The Bertz CT molecular complexity index is 652. The molecule has 0 aliphatic carbocycles. The van der Waals surface area contributed by atoms with Crippen LogP contribution in [-0.2, 0) is 6.54 Å². The lowest BCUT2D eigenvalue weighted by Crippen LogP contribution is -2.05. The second-order valence-corrected chi connectivity index (χ2v) is 4.45. The summed E-state index contributed by atoms with van der Waals surface area (Å²) in [6, 6.07) is 9.33. The first kappa shape index (κ1) is 13.7. The van der Waals surface area contributed by atoms with Crippen LogP contribution in [-0.4, -0.2) is 21.3 Å². The lowest BCUT2D eigenvalue weighted by Gasteiger charge is -2.12. The van der Waals surface area contributed by atoms with Gasteiger partial charge in [0.05, 0.1) is 5.56 Å². The monoisotopic (exact) mass is 273 g/mol. The van der Waals surface area contributed by atoms with Gasteiger partial charge in [-0.25, -0.2) is 4.79 Å². The number of aromatic hydroxyl groups is 2. The fourth-order valence-corrected chi connectivity index (χ4v) is 1.95. The van der Waals surface area contributed by atoms with Crippen LogP contribution in [0.2, 0.25) is 0 Å². The van der Waals surface area contributed by atoms with Gasteiger partial charge in [-0.1, -0.05) is 6.07 Å². The van der Waals surface area contributed by atoms with Crippen molar-refractivity contribution in [3.8, 4) is 11.5 Å². The third kappa shape index (κ3) is 2.83. The molecule has 0 radical (unpaired) electrons. The van der Waals surface area contributed by atoms with Crippen molar-refractivity contribution in [2.75, 3.05) is 5.32 Å². The zero-order valence-corrected chi connectivity index (χ0v) is 10.9. The van der Waals surface area contributed by atoms with E-state index in [1.165, 1.54) is 12.1 Å². The number of phenolic OH excluding ortho intramolecular Hbond substituents is 2. The van der Waals surface area contributed by atoms with Gasteiger partial charge < -0.3 is 20.6 Å². The maximum atomic E-state index is 11.0. The second-order valence-electron chi connectivity index (χ2n) is 4.45. The van der Waals surface area contributed by atoms with Crippen molar-refractivity contribution in [1.29, 1.82) is 0 Å². The molecule has 2 aromatic carbocycles. The highest BCUT2D eigenvalue weighted by atomic mass is 16.4. The van der Waals surface area contributed by atoms with Crippen molar-refractivity contribution in [1.82, 2.24) is 0 Å². The highest BCUT2D eigenvalue weighted by Gasteiger charge is 2.10. The van der Waals surface area contributed by atoms with Crippen LogP contribution in [0.25, 0.3) is 0 Å². The molecule has 5 heteroatoms. The number of anilines is 1. The minimum atomic E-state index is -0.973. The number of carbonyl (C=O) groups is 1. The smallest absolute Gasteiger partial charge is 0.336 e. The molecule has 4 N–H and O–H groups in total. The van der Waals surface area contributed by atoms with Gasteiger partial charge in [-0.3, -0.25) is 0 Å². The molecule has 20 heavy (non-hydrogen) atoms. The first-order chi connectivity index (χ1) is 9.49. The van der Waals surface area contributed by atoms with Gasteiger partial charge in [0.1, 0.15) is 11.5 Å². The summed E-state index contributed by atoms with van der Waals surface area (Å²) in [5, 5.41) is 31.0. The van der Waals surface area contributed by atoms with Gasteiger partial charge in [-0.2, -0.15) is 0 Å². The zero-order chi connectivity index (χ0) is 14.7. The Kier molecular flexibility index (Phi) is 3.79. The molecule has 0 aliphatic heterocycles. The summed E-state index contributed by atoms with van der Waals surface area (Å²) in [5.41, 5.74) is 2.18. The molecular formula is C15H15NO4. The van der Waals surface area contributed by atoms with Gasteiger partial charge in [0.15, 0.2) is 0 Å². The molecule has 0 saturated heterocycles. The van der Waals surface area contributed by atoms with Gasteiger partial charge in [0.25, 0.3) is 0 Å². The Balaban J connectivity index is 2.19. The van der Waals surface area contributed by atoms with Crippen molar-refractivity contribution >= 4 is 11.7 Å². The summed E-state index contributed by atoms with van der Waals surface area (Å²) in [7, 11) is 0. The van der Waals surface area contributed by atoms with E-state index >= 15 is 0 Å². The minimum Gasteiger partial charge on any atom is -0.508 e. The first-order valence-electron chi connectivity index (χ1n) is 6.06. The number of aromatic carboxylic acids is 1. The van der Waals surface area contributed by atoms with E-state index in [2.05, 4.69) is 5.32 Å². The van der Waals surface area contributed by atoms with Crippen molar-refractivity contribution < 1.29 is 20.1 Å². The molecule has 0 amide bonds. The Morgan fingerprint density at radius 2 is 1.95 bits per heavy atom.